The highest BCUT2D eigenvalue weighted by atomic mass is 16.5. The number of anilines is 1. The van der Waals surface area contributed by atoms with E-state index >= 15 is 0 Å². The highest BCUT2D eigenvalue weighted by Gasteiger charge is 2.25. The van der Waals surface area contributed by atoms with Crippen LogP contribution < -0.4 is 9.64 Å². The Morgan fingerprint density at radius 1 is 0.906 bits per heavy atom. The zero-order valence-electron chi connectivity index (χ0n) is 19.0. The predicted molar refractivity (Wildman–Crippen MR) is 126 cm³/mol. The molecule has 6 nitrogen and oxygen atoms in total. The number of rotatable bonds is 6. The third-order valence-corrected chi connectivity index (χ3v) is 5.84. The van der Waals surface area contributed by atoms with Crippen LogP contribution in [0.15, 0.2) is 54.6 Å². The first kappa shape index (κ1) is 21.8. The summed E-state index contributed by atoms with van der Waals surface area (Å²) < 4.78 is 5.63. The number of aromatic nitrogens is 2. The predicted octanol–water partition coefficient (Wildman–Crippen LogP) is 3.72. The van der Waals surface area contributed by atoms with Crippen molar-refractivity contribution in [2.24, 2.45) is 0 Å². The van der Waals surface area contributed by atoms with Crippen LogP contribution in [0.2, 0.25) is 0 Å². The molecule has 4 rings (SSSR count). The van der Waals surface area contributed by atoms with Gasteiger partial charge in [-0.1, -0.05) is 48.0 Å². The lowest BCUT2D eigenvalue weighted by Crippen LogP contribution is -2.50. The maximum Gasteiger partial charge on any atom is 0.260 e. The number of ether oxygens (including phenoxy) is 1. The first-order valence-electron chi connectivity index (χ1n) is 11.1. The van der Waals surface area contributed by atoms with Crippen molar-refractivity contribution in [1.29, 1.82) is 0 Å². The van der Waals surface area contributed by atoms with Crippen molar-refractivity contribution in [3.63, 3.8) is 0 Å². The summed E-state index contributed by atoms with van der Waals surface area (Å²) >= 11 is 0. The van der Waals surface area contributed by atoms with Crippen molar-refractivity contribution in [3.8, 4) is 5.75 Å². The van der Waals surface area contributed by atoms with Crippen molar-refractivity contribution in [3.05, 3.63) is 82.8 Å². The summed E-state index contributed by atoms with van der Waals surface area (Å²) in [5, 5.41) is 0. The van der Waals surface area contributed by atoms with E-state index in [1.807, 2.05) is 42.2 Å². The van der Waals surface area contributed by atoms with Crippen molar-refractivity contribution < 1.29 is 9.53 Å². The van der Waals surface area contributed by atoms with Gasteiger partial charge in [-0.3, -0.25) is 4.79 Å². The second kappa shape index (κ2) is 9.81. The molecular formula is C26H30N4O2. The number of carbonyl (C=O) groups is 1. The van der Waals surface area contributed by atoms with E-state index in [0.717, 1.165) is 42.4 Å². The van der Waals surface area contributed by atoms with Crippen molar-refractivity contribution >= 4 is 11.7 Å². The number of amides is 1. The van der Waals surface area contributed by atoms with Crippen LogP contribution in [0.25, 0.3) is 0 Å². The Kier molecular flexibility index (Phi) is 6.69. The first-order valence-corrected chi connectivity index (χ1v) is 11.1. The van der Waals surface area contributed by atoms with Crippen molar-refractivity contribution in [1.82, 2.24) is 14.9 Å². The van der Waals surface area contributed by atoms with Crippen LogP contribution >= 0.6 is 0 Å². The van der Waals surface area contributed by atoms with Crippen LogP contribution in [0.4, 0.5) is 5.82 Å². The summed E-state index contributed by atoms with van der Waals surface area (Å²) in [4.78, 5) is 26.2. The number of benzene rings is 2. The molecule has 0 unspecified atom stereocenters. The second-order valence-electron chi connectivity index (χ2n) is 8.29. The zero-order chi connectivity index (χ0) is 22.5. The number of piperazine rings is 1. The van der Waals surface area contributed by atoms with Gasteiger partial charge in [-0.05, 0) is 38.5 Å². The maximum atomic E-state index is 12.6. The molecule has 0 radical (unpaired) electrons. The Labute approximate surface area is 189 Å². The molecule has 1 aliphatic rings. The van der Waals surface area contributed by atoms with E-state index in [0.29, 0.717) is 18.8 Å². The average Bonchev–Trinajstić information content (AvgIpc) is 2.81. The lowest BCUT2D eigenvalue weighted by molar-refractivity contribution is -0.133. The fourth-order valence-corrected chi connectivity index (χ4v) is 4.02. The van der Waals surface area contributed by atoms with E-state index < -0.39 is 0 Å². The molecule has 166 valence electrons. The topological polar surface area (TPSA) is 58.6 Å². The second-order valence-corrected chi connectivity index (χ2v) is 8.29. The van der Waals surface area contributed by atoms with E-state index in [4.69, 9.17) is 9.72 Å². The summed E-state index contributed by atoms with van der Waals surface area (Å²) in [6.07, 6.45) is 0.797. The molecule has 3 aromatic rings. The molecule has 0 spiro atoms. The van der Waals surface area contributed by atoms with E-state index in [1.54, 1.807) is 0 Å². The minimum Gasteiger partial charge on any atom is -0.484 e. The molecule has 0 bridgehead atoms. The van der Waals surface area contributed by atoms with Gasteiger partial charge in [0.05, 0.1) is 0 Å². The van der Waals surface area contributed by atoms with Gasteiger partial charge in [-0.15, -0.1) is 0 Å². The quantitative estimate of drug-likeness (QED) is 0.597. The maximum absolute atomic E-state index is 12.6. The van der Waals surface area contributed by atoms with E-state index in [-0.39, 0.29) is 12.5 Å². The van der Waals surface area contributed by atoms with Crippen molar-refractivity contribution in [2.45, 2.75) is 27.2 Å². The SMILES string of the molecule is Cc1ccc(Cc2c(C)nc(C)nc2N2CCN(C(=O)COc3ccccc3)CC2)cc1. The zero-order valence-corrected chi connectivity index (χ0v) is 19.0. The summed E-state index contributed by atoms with van der Waals surface area (Å²) in [6, 6.07) is 18.1. The van der Waals surface area contributed by atoms with Gasteiger partial charge < -0.3 is 14.5 Å². The molecule has 2 aromatic carbocycles. The van der Waals surface area contributed by atoms with Gasteiger partial charge in [0.1, 0.15) is 17.4 Å². The fourth-order valence-electron chi connectivity index (χ4n) is 4.02. The molecule has 0 atom stereocenters. The molecule has 2 heterocycles. The number of hydrogen-bond acceptors (Lipinski definition) is 5. The molecule has 0 N–H and O–H groups in total. The van der Waals surface area contributed by atoms with Gasteiger partial charge in [0.25, 0.3) is 5.91 Å². The van der Waals surface area contributed by atoms with E-state index in [1.165, 1.54) is 11.1 Å². The van der Waals surface area contributed by atoms with Crippen LogP contribution in [0.1, 0.15) is 28.2 Å². The standard InChI is InChI=1S/C26H30N4O2/c1-19-9-11-22(12-10-19)17-24-20(2)27-21(3)28-26(24)30-15-13-29(14-16-30)25(31)18-32-23-7-5-4-6-8-23/h4-12H,13-18H2,1-3H3. The fraction of sp³-hybridized carbons (Fsp3) is 0.346. The number of hydrogen-bond donors (Lipinski definition) is 0. The lowest BCUT2D eigenvalue weighted by atomic mass is 10.0. The van der Waals surface area contributed by atoms with Crippen molar-refractivity contribution in [2.75, 3.05) is 37.7 Å². The minimum absolute atomic E-state index is 0.0171. The van der Waals surface area contributed by atoms with Crippen LogP contribution in [0.3, 0.4) is 0 Å². The number of para-hydroxylation sites is 1. The molecule has 1 amide bonds. The molecule has 1 aliphatic heterocycles. The van der Waals surface area contributed by atoms with Crippen LogP contribution in [0.5, 0.6) is 5.75 Å². The highest BCUT2D eigenvalue weighted by molar-refractivity contribution is 5.78. The Balaban J connectivity index is 1.42. The molecule has 1 saturated heterocycles. The summed E-state index contributed by atoms with van der Waals surface area (Å²) in [5.74, 6) is 2.50. The van der Waals surface area contributed by atoms with E-state index in [9.17, 15) is 4.79 Å². The Morgan fingerprint density at radius 3 is 2.28 bits per heavy atom. The van der Waals surface area contributed by atoms with E-state index in [2.05, 4.69) is 48.0 Å². The molecule has 32 heavy (non-hydrogen) atoms. The van der Waals surface area contributed by atoms with Crippen LogP contribution in [-0.2, 0) is 11.2 Å². The monoisotopic (exact) mass is 430 g/mol. The number of nitrogens with zero attached hydrogens (tertiary/aromatic N) is 4. The Hall–Kier alpha value is -3.41. The molecule has 0 aliphatic carbocycles. The molecular weight excluding hydrogens is 400 g/mol. The first-order chi connectivity index (χ1) is 15.5. The summed E-state index contributed by atoms with van der Waals surface area (Å²) in [5.41, 5.74) is 4.68. The molecule has 1 aromatic heterocycles. The molecule has 0 saturated carbocycles. The lowest BCUT2D eigenvalue weighted by Gasteiger charge is -2.36. The Bertz CT molecular complexity index is 1060. The van der Waals surface area contributed by atoms with Gasteiger partial charge in [0.2, 0.25) is 0 Å². The number of carbonyl (C=O) groups excluding carboxylic acids is 1. The normalized spacial score (nSPS) is 13.8. The van der Waals surface area contributed by atoms with Gasteiger partial charge in [-0.2, -0.15) is 0 Å². The summed E-state index contributed by atoms with van der Waals surface area (Å²) in [6.45, 7) is 8.96. The van der Waals surface area contributed by atoms with Gasteiger partial charge in [0, 0.05) is 43.9 Å². The third-order valence-electron chi connectivity index (χ3n) is 5.84. The minimum atomic E-state index is 0.0171. The molecule has 1 fully saturated rings. The average molecular weight is 431 g/mol. The third kappa shape index (κ3) is 5.25. The smallest absolute Gasteiger partial charge is 0.260 e. The van der Waals surface area contributed by atoms with Gasteiger partial charge in [-0.25, -0.2) is 9.97 Å². The Morgan fingerprint density at radius 2 is 1.59 bits per heavy atom. The largest absolute Gasteiger partial charge is 0.484 e. The van der Waals surface area contributed by atoms with Crippen LogP contribution in [0, 0.1) is 20.8 Å². The van der Waals surface area contributed by atoms with Gasteiger partial charge in [0.15, 0.2) is 6.61 Å². The molecule has 6 heteroatoms. The number of aryl methyl sites for hydroxylation is 3. The van der Waals surface area contributed by atoms with Crippen LogP contribution in [-0.4, -0.2) is 53.6 Å². The van der Waals surface area contributed by atoms with Gasteiger partial charge >= 0.3 is 0 Å². The summed E-state index contributed by atoms with van der Waals surface area (Å²) in [7, 11) is 0. The highest BCUT2D eigenvalue weighted by Crippen LogP contribution is 2.25.